The molecule has 0 aliphatic rings. The Kier molecular flexibility index (Phi) is 3.42. The van der Waals surface area contributed by atoms with Crippen molar-refractivity contribution in [3.63, 3.8) is 0 Å². The van der Waals surface area contributed by atoms with Gasteiger partial charge in [0.2, 0.25) is 5.91 Å². The van der Waals surface area contributed by atoms with Crippen LogP contribution in [0.3, 0.4) is 0 Å². The van der Waals surface area contributed by atoms with E-state index >= 15 is 0 Å². The summed E-state index contributed by atoms with van der Waals surface area (Å²) in [4.78, 5) is 11.0. The van der Waals surface area contributed by atoms with E-state index in [-0.39, 0.29) is 11.7 Å². The standard InChI is InChI=1S/C14H14N4O2S/c1-8-5-9-3-4-10(20-2)6-11(9)18-13(8)16-17-14(18)21-7-12(15)19/h3-6H,7H2,1-2H3,(H2,15,19). The van der Waals surface area contributed by atoms with Crippen LogP contribution in [0, 0.1) is 6.92 Å². The van der Waals surface area contributed by atoms with Gasteiger partial charge in [0.25, 0.3) is 0 Å². The third kappa shape index (κ3) is 2.40. The molecule has 6 nitrogen and oxygen atoms in total. The second kappa shape index (κ2) is 5.25. The summed E-state index contributed by atoms with van der Waals surface area (Å²) in [5.74, 6) is 0.540. The van der Waals surface area contributed by atoms with E-state index in [2.05, 4.69) is 16.3 Å². The SMILES string of the molecule is COc1ccc2cc(C)c3nnc(SCC(N)=O)n3c2c1. The van der Waals surface area contributed by atoms with E-state index in [4.69, 9.17) is 10.5 Å². The molecule has 0 radical (unpaired) electrons. The van der Waals surface area contributed by atoms with Gasteiger partial charge in [-0.25, -0.2) is 0 Å². The van der Waals surface area contributed by atoms with Crippen LogP contribution in [-0.4, -0.2) is 33.4 Å². The maximum atomic E-state index is 11.0. The molecule has 3 rings (SSSR count). The number of nitrogens with zero attached hydrogens (tertiary/aromatic N) is 3. The van der Waals surface area contributed by atoms with Gasteiger partial charge in [0, 0.05) is 6.07 Å². The number of nitrogens with two attached hydrogens (primary N) is 1. The van der Waals surface area contributed by atoms with Crippen LogP contribution in [0.15, 0.2) is 29.4 Å². The number of pyridine rings is 1. The first-order valence-electron chi connectivity index (χ1n) is 6.33. The summed E-state index contributed by atoms with van der Waals surface area (Å²) in [6.07, 6.45) is 0. The van der Waals surface area contributed by atoms with Crippen molar-refractivity contribution in [2.24, 2.45) is 5.73 Å². The smallest absolute Gasteiger partial charge is 0.227 e. The lowest BCUT2D eigenvalue weighted by Gasteiger charge is -2.08. The molecular formula is C14H14N4O2S. The number of amides is 1. The molecule has 1 aromatic carbocycles. The minimum atomic E-state index is -0.383. The average Bonchev–Trinajstić information content (AvgIpc) is 2.90. The number of primary amides is 1. The number of thioether (sulfide) groups is 1. The molecule has 0 spiro atoms. The average molecular weight is 302 g/mol. The molecular weight excluding hydrogens is 288 g/mol. The molecule has 0 bridgehead atoms. The zero-order valence-electron chi connectivity index (χ0n) is 11.7. The molecule has 0 atom stereocenters. The Labute approximate surface area is 125 Å². The first kappa shape index (κ1) is 13.7. The summed E-state index contributed by atoms with van der Waals surface area (Å²) in [5, 5.41) is 10.1. The highest BCUT2D eigenvalue weighted by atomic mass is 32.2. The van der Waals surface area contributed by atoms with Crippen molar-refractivity contribution in [2.45, 2.75) is 12.1 Å². The number of carbonyl (C=O) groups is 1. The quantitative estimate of drug-likeness (QED) is 0.743. The third-order valence-electron chi connectivity index (χ3n) is 3.18. The summed E-state index contributed by atoms with van der Waals surface area (Å²) < 4.78 is 7.21. The fourth-order valence-electron chi connectivity index (χ4n) is 2.24. The van der Waals surface area contributed by atoms with E-state index in [0.717, 1.165) is 27.9 Å². The number of hydrogen-bond donors (Lipinski definition) is 1. The maximum absolute atomic E-state index is 11.0. The van der Waals surface area contributed by atoms with Crippen molar-refractivity contribution in [3.05, 3.63) is 29.8 Å². The van der Waals surface area contributed by atoms with Crippen LogP contribution in [0.4, 0.5) is 0 Å². The number of ether oxygens (including phenoxy) is 1. The van der Waals surface area contributed by atoms with Gasteiger partial charge in [0.05, 0.1) is 18.4 Å². The fraction of sp³-hybridized carbons (Fsp3) is 0.214. The molecule has 2 aromatic heterocycles. The summed E-state index contributed by atoms with van der Waals surface area (Å²) in [5.41, 5.74) is 7.93. The highest BCUT2D eigenvalue weighted by Crippen LogP contribution is 2.27. The highest BCUT2D eigenvalue weighted by Gasteiger charge is 2.13. The fourth-order valence-corrected chi connectivity index (χ4v) is 2.92. The Bertz CT molecular complexity index is 844. The molecule has 1 amide bonds. The molecule has 0 saturated heterocycles. The first-order chi connectivity index (χ1) is 10.1. The molecule has 0 aliphatic carbocycles. The van der Waals surface area contributed by atoms with E-state index in [1.54, 1.807) is 7.11 Å². The number of hydrogen-bond acceptors (Lipinski definition) is 5. The molecule has 0 fully saturated rings. The van der Waals surface area contributed by atoms with Crippen molar-refractivity contribution in [1.82, 2.24) is 14.6 Å². The Morgan fingerprint density at radius 3 is 2.90 bits per heavy atom. The first-order valence-corrected chi connectivity index (χ1v) is 7.32. The number of aryl methyl sites for hydroxylation is 1. The zero-order valence-corrected chi connectivity index (χ0v) is 12.5. The van der Waals surface area contributed by atoms with E-state index in [0.29, 0.717) is 5.16 Å². The number of carbonyl (C=O) groups excluding carboxylic acids is 1. The van der Waals surface area contributed by atoms with E-state index in [1.165, 1.54) is 11.8 Å². The van der Waals surface area contributed by atoms with Gasteiger partial charge in [0.1, 0.15) is 5.75 Å². The summed E-state index contributed by atoms with van der Waals surface area (Å²) in [6, 6.07) is 7.89. The zero-order chi connectivity index (χ0) is 15.0. The molecule has 3 aromatic rings. The number of fused-ring (bicyclic) bond motifs is 3. The van der Waals surface area contributed by atoms with Gasteiger partial charge in [-0.15, -0.1) is 10.2 Å². The Morgan fingerprint density at radius 2 is 2.19 bits per heavy atom. The van der Waals surface area contributed by atoms with Gasteiger partial charge in [-0.1, -0.05) is 11.8 Å². The van der Waals surface area contributed by atoms with Crippen molar-refractivity contribution in [2.75, 3.05) is 12.9 Å². The van der Waals surface area contributed by atoms with E-state index in [1.807, 2.05) is 29.5 Å². The molecule has 7 heteroatoms. The van der Waals surface area contributed by atoms with Crippen LogP contribution in [0.25, 0.3) is 16.6 Å². The lowest BCUT2D eigenvalue weighted by atomic mass is 10.1. The van der Waals surface area contributed by atoms with Gasteiger partial charge in [-0.2, -0.15) is 0 Å². The largest absolute Gasteiger partial charge is 0.497 e. The number of benzene rings is 1. The number of methoxy groups -OCH3 is 1. The summed E-state index contributed by atoms with van der Waals surface area (Å²) >= 11 is 1.28. The molecule has 2 N–H and O–H groups in total. The minimum Gasteiger partial charge on any atom is -0.497 e. The Morgan fingerprint density at radius 1 is 1.38 bits per heavy atom. The predicted molar refractivity (Wildman–Crippen MR) is 81.7 cm³/mol. The van der Waals surface area contributed by atoms with Crippen LogP contribution in [0.2, 0.25) is 0 Å². The van der Waals surface area contributed by atoms with Crippen LogP contribution >= 0.6 is 11.8 Å². The van der Waals surface area contributed by atoms with Gasteiger partial charge in [0.15, 0.2) is 10.8 Å². The third-order valence-corrected chi connectivity index (χ3v) is 4.13. The highest BCUT2D eigenvalue weighted by molar-refractivity contribution is 7.99. The van der Waals surface area contributed by atoms with E-state index in [9.17, 15) is 4.79 Å². The summed E-state index contributed by atoms with van der Waals surface area (Å²) in [7, 11) is 1.63. The maximum Gasteiger partial charge on any atom is 0.227 e. The monoisotopic (exact) mass is 302 g/mol. The predicted octanol–water partition coefficient (Wildman–Crippen LogP) is 1.78. The van der Waals surface area contributed by atoms with E-state index < -0.39 is 0 Å². The molecule has 0 aliphatic heterocycles. The normalized spacial score (nSPS) is 11.1. The van der Waals surface area contributed by atoms with Gasteiger partial charge < -0.3 is 10.5 Å². The lowest BCUT2D eigenvalue weighted by Crippen LogP contribution is -2.13. The Balaban J connectivity index is 2.27. The number of aromatic nitrogens is 3. The van der Waals surface area contributed by atoms with Gasteiger partial charge in [-0.05, 0) is 36.1 Å². The number of rotatable bonds is 4. The molecule has 2 heterocycles. The lowest BCUT2D eigenvalue weighted by molar-refractivity contribution is -0.115. The molecule has 0 saturated carbocycles. The molecule has 108 valence electrons. The second-order valence-electron chi connectivity index (χ2n) is 4.65. The van der Waals surface area contributed by atoms with Crippen LogP contribution in [0.1, 0.15) is 5.56 Å². The van der Waals surface area contributed by atoms with Crippen molar-refractivity contribution < 1.29 is 9.53 Å². The second-order valence-corrected chi connectivity index (χ2v) is 5.59. The van der Waals surface area contributed by atoms with Gasteiger partial charge in [-0.3, -0.25) is 9.20 Å². The molecule has 0 unspecified atom stereocenters. The summed E-state index contributed by atoms with van der Waals surface area (Å²) in [6.45, 7) is 1.98. The van der Waals surface area contributed by atoms with Crippen LogP contribution < -0.4 is 10.5 Å². The van der Waals surface area contributed by atoms with Crippen LogP contribution in [0.5, 0.6) is 5.75 Å². The van der Waals surface area contributed by atoms with Crippen LogP contribution in [-0.2, 0) is 4.79 Å². The molecule has 21 heavy (non-hydrogen) atoms. The Hall–Kier alpha value is -2.28. The minimum absolute atomic E-state index is 0.167. The van der Waals surface area contributed by atoms with Crippen molar-refractivity contribution in [1.29, 1.82) is 0 Å². The van der Waals surface area contributed by atoms with Gasteiger partial charge >= 0.3 is 0 Å². The topological polar surface area (TPSA) is 82.5 Å². The van der Waals surface area contributed by atoms with Crippen molar-refractivity contribution in [3.8, 4) is 5.75 Å². The van der Waals surface area contributed by atoms with Crippen molar-refractivity contribution >= 4 is 34.2 Å².